The average Bonchev–Trinajstić information content (AvgIpc) is 3.40. The molecule has 2 aromatic heterocycles. The van der Waals surface area contributed by atoms with Crippen molar-refractivity contribution in [1.82, 2.24) is 20.0 Å². The van der Waals surface area contributed by atoms with E-state index < -0.39 is 11.9 Å². The van der Waals surface area contributed by atoms with Gasteiger partial charge in [-0.05, 0) is 43.7 Å². The maximum absolute atomic E-state index is 12.6. The van der Waals surface area contributed by atoms with Crippen LogP contribution in [0.2, 0.25) is 0 Å². The molecule has 6 nitrogen and oxygen atoms in total. The summed E-state index contributed by atoms with van der Waals surface area (Å²) in [5.41, 5.74) is -0.837. The molecule has 1 aliphatic carbocycles. The maximum Gasteiger partial charge on any atom is 0.433 e. The predicted molar refractivity (Wildman–Crippen MR) is 87.8 cm³/mol. The predicted octanol–water partition coefficient (Wildman–Crippen LogP) is 3.46. The summed E-state index contributed by atoms with van der Waals surface area (Å²) in [6.07, 6.45) is 1.06. The number of pyridine rings is 1. The van der Waals surface area contributed by atoms with Gasteiger partial charge in [-0.3, -0.25) is 9.78 Å². The fourth-order valence-electron chi connectivity index (χ4n) is 3.39. The van der Waals surface area contributed by atoms with E-state index in [0.29, 0.717) is 31.3 Å². The molecule has 27 heavy (non-hydrogen) atoms. The van der Waals surface area contributed by atoms with Crippen molar-refractivity contribution in [3.63, 3.8) is 0 Å². The lowest BCUT2D eigenvalue weighted by Crippen LogP contribution is -2.40. The van der Waals surface area contributed by atoms with Gasteiger partial charge in [-0.1, -0.05) is 5.16 Å². The molecule has 1 saturated heterocycles. The number of amides is 1. The molecule has 0 unspecified atom stereocenters. The number of carbonyl (C=O) groups excluding carboxylic acids is 1. The molecule has 1 atom stereocenters. The summed E-state index contributed by atoms with van der Waals surface area (Å²) in [6.45, 7) is 1.09. The fourth-order valence-corrected chi connectivity index (χ4v) is 3.39. The van der Waals surface area contributed by atoms with E-state index >= 15 is 0 Å². The number of hydrogen-bond acceptors (Lipinski definition) is 5. The zero-order chi connectivity index (χ0) is 19.0. The number of hydrogen-bond donors (Lipinski definition) is 0. The number of carbonyl (C=O) groups is 1. The summed E-state index contributed by atoms with van der Waals surface area (Å²) in [4.78, 5) is 22.1. The highest BCUT2D eigenvalue weighted by Gasteiger charge is 2.33. The number of likely N-dealkylation sites (tertiary alicyclic amines) is 1. The summed E-state index contributed by atoms with van der Waals surface area (Å²) in [5, 5.41) is 4.01. The van der Waals surface area contributed by atoms with E-state index in [1.54, 1.807) is 4.90 Å². The Hall–Kier alpha value is -2.45. The van der Waals surface area contributed by atoms with Crippen LogP contribution in [-0.4, -0.2) is 39.0 Å². The first-order chi connectivity index (χ1) is 12.9. The van der Waals surface area contributed by atoms with Crippen molar-refractivity contribution in [2.24, 2.45) is 5.92 Å². The lowest BCUT2D eigenvalue weighted by molar-refractivity contribution is -0.141. The number of rotatable bonds is 4. The molecule has 1 amide bonds. The Morgan fingerprint density at radius 2 is 2.07 bits per heavy atom. The molecule has 0 aromatic carbocycles. The summed E-state index contributed by atoms with van der Waals surface area (Å²) in [5.74, 6) is 1.68. The monoisotopic (exact) mass is 380 g/mol. The largest absolute Gasteiger partial charge is 0.433 e. The van der Waals surface area contributed by atoms with Crippen LogP contribution in [-0.2, 0) is 12.6 Å². The van der Waals surface area contributed by atoms with Gasteiger partial charge in [0.2, 0.25) is 5.89 Å². The molecule has 3 heterocycles. The Kier molecular flexibility index (Phi) is 4.61. The third kappa shape index (κ3) is 4.12. The molecule has 144 valence electrons. The van der Waals surface area contributed by atoms with Gasteiger partial charge in [0.25, 0.3) is 5.91 Å². The molecule has 0 bridgehead atoms. The summed E-state index contributed by atoms with van der Waals surface area (Å²) < 4.78 is 43.1. The van der Waals surface area contributed by atoms with Crippen molar-refractivity contribution in [2.75, 3.05) is 13.1 Å². The van der Waals surface area contributed by atoms with Crippen molar-refractivity contribution >= 4 is 5.91 Å². The van der Waals surface area contributed by atoms with Gasteiger partial charge in [0.05, 0.1) is 5.56 Å². The third-order valence-electron chi connectivity index (χ3n) is 5.00. The Morgan fingerprint density at radius 1 is 1.26 bits per heavy atom. The van der Waals surface area contributed by atoms with Crippen LogP contribution in [0, 0.1) is 5.92 Å². The van der Waals surface area contributed by atoms with Crippen LogP contribution in [0.4, 0.5) is 13.2 Å². The van der Waals surface area contributed by atoms with E-state index in [0.717, 1.165) is 43.8 Å². The summed E-state index contributed by atoms with van der Waals surface area (Å²) >= 11 is 0. The molecule has 0 radical (unpaired) electrons. The van der Waals surface area contributed by atoms with Crippen LogP contribution in [0.3, 0.4) is 0 Å². The number of piperidine rings is 1. The normalized spacial score (nSPS) is 20.7. The second kappa shape index (κ2) is 6.94. The molecular formula is C18H19F3N4O2. The highest BCUT2D eigenvalue weighted by Crippen LogP contribution is 2.38. The first-order valence-electron chi connectivity index (χ1n) is 9.05. The van der Waals surface area contributed by atoms with E-state index in [2.05, 4.69) is 15.1 Å². The first kappa shape index (κ1) is 17.9. The van der Waals surface area contributed by atoms with Crippen molar-refractivity contribution < 1.29 is 22.5 Å². The number of alkyl halides is 3. The molecule has 2 aliphatic rings. The zero-order valence-corrected chi connectivity index (χ0v) is 14.6. The summed E-state index contributed by atoms with van der Waals surface area (Å²) in [7, 11) is 0. The van der Waals surface area contributed by atoms with Crippen LogP contribution < -0.4 is 0 Å². The van der Waals surface area contributed by atoms with Gasteiger partial charge < -0.3 is 9.42 Å². The Labute approximate surface area is 153 Å². The van der Waals surface area contributed by atoms with Gasteiger partial charge in [0, 0.05) is 31.6 Å². The Morgan fingerprint density at radius 3 is 2.74 bits per heavy atom. The molecule has 0 spiro atoms. The topological polar surface area (TPSA) is 72.1 Å². The van der Waals surface area contributed by atoms with Gasteiger partial charge in [-0.25, -0.2) is 0 Å². The molecule has 0 N–H and O–H groups in total. The number of halogens is 3. The van der Waals surface area contributed by atoms with E-state index in [1.807, 2.05) is 0 Å². The minimum Gasteiger partial charge on any atom is -0.339 e. The van der Waals surface area contributed by atoms with Gasteiger partial charge in [-0.15, -0.1) is 0 Å². The van der Waals surface area contributed by atoms with E-state index in [9.17, 15) is 18.0 Å². The van der Waals surface area contributed by atoms with Crippen LogP contribution in [0.15, 0.2) is 22.9 Å². The zero-order valence-electron chi connectivity index (χ0n) is 14.6. The lowest BCUT2D eigenvalue weighted by atomic mass is 9.94. The Balaban J connectivity index is 1.38. The van der Waals surface area contributed by atoms with E-state index in [-0.39, 0.29) is 17.4 Å². The molecule has 2 fully saturated rings. The van der Waals surface area contributed by atoms with Crippen LogP contribution in [0.25, 0.3) is 0 Å². The van der Waals surface area contributed by atoms with Crippen molar-refractivity contribution in [2.45, 2.75) is 44.2 Å². The molecule has 2 aromatic rings. The molecular weight excluding hydrogens is 361 g/mol. The standard InChI is InChI=1S/C18H19F3N4O2/c19-18(20,21)14-6-5-13(9-22-14)17(26)25-7-1-2-11(10-25)8-15-23-16(24-27-15)12-3-4-12/h5-6,9,11-12H,1-4,7-8,10H2/t11-/m0/s1. The molecule has 4 rings (SSSR count). The van der Waals surface area contributed by atoms with E-state index in [4.69, 9.17) is 4.52 Å². The highest BCUT2D eigenvalue weighted by molar-refractivity contribution is 5.94. The van der Waals surface area contributed by atoms with Gasteiger partial charge in [0.1, 0.15) is 5.69 Å². The van der Waals surface area contributed by atoms with Crippen molar-refractivity contribution in [3.8, 4) is 0 Å². The van der Waals surface area contributed by atoms with Crippen LogP contribution in [0.5, 0.6) is 0 Å². The lowest BCUT2D eigenvalue weighted by Gasteiger charge is -2.32. The molecule has 1 aliphatic heterocycles. The first-order valence-corrected chi connectivity index (χ1v) is 9.05. The third-order valence-corrected chi connectivity index (χ3v) is 5.00. The number of aromatic nitrogens is 3. The average molecular weight is 380 g/mol. The SMILES string of the molecule is O=C(c1ccc(C(F)(F)F)nc1)N1CCC[C@@H](Cc2nc(C3CC3)no2)C1. The van der Waals surface area contributed by atoms with Gasteiger partial charge >= 0.3 is 6.18 Å². The second-order valence-electron chi connectivity index (χ2n) is 7.21. The van der Waals surface area contributed by atoms with Crippen molar-refractivity contribution in [3.05, 3.63) is 41.3 Å². The van der Waals surface area contributed by atoms with Crippen LogP contribution in [0.1, 0.15) is 59.4 Å². The molecule has 9 heteroatoms. The maximum atomic E-state index is 12.6. The van der Waals surface area contributed by atoms with E-state index in [1.165, 1.54) is 6.07 Å². The van der Waals surface area contributed by atoms with Crippen LogP contribution >= 0.6 is 0 Å². The quantitative estimate of drug-likeness (QED) is 0.812. The Bertz CT molecular complexity index is 815. The smallest absolute Gasteiger partial charge is 0.339 e. The fraction of sp³-hybridized carbons (Fsp3) is 0.556. The highest BCUT2D eigenvalue weighted by atomic mass is 19.4. The van der Waals surface area contributed by atoms with Gasteiger partial charge in [-0.2, -0.15) is 18.2 Å². The minimum absolute atomic E-state index is 0.164. The second-order valence-corrected chi connectivity index (χ2v) is 7.21. The number of nitrogens with zero attached hydrogens (tertiary/aromatic N) is 4. The minimum atomic E-state index is -4.51. The molecule has 1 saturated carbocycles. The van der Waals surface area contributed by atoms with Gasteiger partial charge in [0.15, 0.2) is 5.82 Å². The van der Waals surface area contributed by atoms with Crippen molar-refractivity contribution in [1.29, 1.82) is 0 Å². The summed E-state index contributed by atoms with van der Waals surface area (Å²) in [6, 6.07) is 2.02.